The van der Waals surface area contributed by atoms with Crippen molar-refractivity contribution in [1.29, 1.82) is 0 Å². The highest BCUT2D eigenvalue weighted by molar-refractivity contribution is 8.00. The Bertz CT molecular complexity index is 939. The molecule has 156 valence electrons. The fraction of sp³-hybridized carbons (Fsp3) is 0.500. The van der Waals surface area contributed by atoms with Gasteiger partial charge < -0.3 is 10.4 Å². The predicted molar refractivity (Wildman–Crippen MR) is 117 cm³/mol. The van der Waals surface area contributed by atoms with Gasteiger partial charge in [-0.25, -0.2) is 4.98 Å². The minimum atomic E-state index is -0.372. The van der Waals surface area contributed by atoms with E-state index in [4.69, 9.17) is 0 Å². The number of fused-ring (bicyclic) bond motifs is 1. The molecule has 1 amide bonds. The van der Waals surface area contributed by atoms with Crippen molar-refractivity contribution in [2.45, 2.75) is 62.4 Å². The van der Waals surface area contributed by atoms with Gasteiger partial charge in [0, 0.05) is 19.7 Å². The second-order valence-electron chi connectivity index (χ2n) is 7.35. The third-order valence-electron chi connectivity index (χ3n) is 5.15. The van der Waals surface area contributed by atoms with Crippen LogP contribution >= 0.6 is 11.8 Å². The van der Waals surface area contributed by atoms with Crippen LogP contribution in [0.3, 0.4) is 0 Å². The van der Waals surface area contributed by atoms with Crippen molar-refractivity contribution in [2.24, 2.45) is 0 Å². The summed E-state index contributed by atoms with van der Waals surface area (Å²) in [6, 6.07) is 7.22. The first-order valence-corrected chi connectivity index (χ1v) is 11.2. The Morgan fingerprint density at radius 2 is 2.17 bits per heavy atom. The van der Waals surface area contributed by atoms with Crippen molar-refractivity contribution in [1.82, 2.24) is 14.9 Å². The Morgan fingerprint density at radius 3 is 2.93 bits per heavy atom. The topological polar surface area (TPSA) is 84.2 Å². The monoisotopic (exact) mass is 415 g/mol. The molecule has 0 saturated carbocycles. The molecule has 1 heterocycles. The van der Waals surface area contributed by atoms with E-state index in [2.05, 4.69) is 16.4 Å². The molecule has 1 aliphatic carbocycles. The smallest absolute Gasteiger partial charge is 0.262 e. The summed E-state index contributed by atoms with van der Waals surface area (Å²) in [6.45, 7) is 2.84. The van der Waals surface area contributed by atoms with E-state index in [0.29, 0.717) is 35.6 Å². The first-order valence-electron chi connectivity index (χ1n) is 10.3. The van der Waals surface area contributed by atoms with E-state index in [1.165, 1.54) is 30.2 Å². The Hall–Kier alpha value is -2.12. The molecule has 1 aliphatic rings. The van der Waals surface area contributed by atoms with Gasteiger partial charge in [0.2, 0.25) is 5.91 Å². The van der Waals surface area contributed by atoms with Crippen LogP contribution in [0.4, 0.5) is 0 Å². The zero-order valence-electron chi connectivity index (χ0n) is 16.9. The van der Waals surface area contributed by atoms with E-state index in [9.17, 15) is 14.7 Å². The molecule has 0 spiro atoms. The molecule has 1 aromatic heterocycles. The van der Waals surface area contributed by atoms with Crippen molar-refractivity contribution in [3.05, 3.63) is 46.3 Å². The van der Waals surface area contributed by atoms with E-state index in [1.807, 2.05) is 19.1 Å². The van der Waals surface area contributed by atoms with E-state index in [-0.39, 0.29) is 23.3 Å². The van der Waals surface area contributed by atoms with Crippen LogP contribution in [0.15, 0.2) is 45.9 Å². The molecule has 0 radical (unpaired) electrons. The maximum Gasteiger partial charge on any atom is 0.262 e. The Morgan fingerprint density at radius 1 is 1.34 bits per heavy atom. The fourth-order valence-corrected chi connectivity index (χ4v) is 4.46. The highest BCUT2D eigenvalue weighted by Gasteiger charge is 2.19. The summed E-state index contributed by atoms with van der Waals surface area (Å²) in [7, 11) is 0. The maximum absolute atomic E-state index is 12.9. The summed E-state index contributed by atoms with van der Waals surface area (Å²) < 4.78 is 1.57. The first kappa shape index (κ1) is 21.6. The van der Waals surface area contributed by atoms with E-state index >= 15 is 0 Å². The number of thioether (sulfide) groups is 1. The number of aliphatic hydroxyl groups excluding tert-OH is 1. The Labute approximate surface area is 175 Å². The number of rotatable bonds is 9. The lowest BCUT2D eigenvalue weighted by Crippen LogP contribution is -2.33. The summed E-state index contributed by atoms with van der Waals surface area (Å²) in [6.07, 6.45) is 8.45. The van der Waals surface area contributed by atoms with Crippen LogP contribution in [-0.2, 0) is 11.3 Å². The van der Waals surface area contributed by atoms with Gasteiger partial charge >= 0.3 is 0 Å². The number of aromatic nitrogens is 2. The van der Waals surface area contributed by atoms with Gasteiger partial charge in [-0.1, -0.05) is 35.5 Å². The second kappa shape index (κ2) is 10.6. The Balaban J connectivity index is 1.69. The number of carbonyl (C=O) groups is 1. The van der Waals surface area contributed by atoms with Crippen LogP contribution < -0.4 is 10.9 Å². The highest BCUT2D eigenvalue weighted by Crippen LogP contribution is 2.23. The van der Waals surface area contributed by atoms with Gasteiger partial charge in [-0.2, -0.15) is 0 Å². The summed E-state index contributed by atoms with van der Waals surface area (Å²) >= 11 is 1.29. The number of allylic oxidation sites excluding steroid dienone is 1. The van der Waals surface area contributed by atoms with Crippen molar-refractivity contribution in [3.8, 4) is 0 Å². The van der Waals surface area contributed by atoms with Gasteiger partial charge in [0.25, 0.3) is 5.56 Å². The van der Waals surface area contributed by atoms with Crippen LogP contribution in [0.5, 0.6) is 0 Å². The van der Waals surface area contributed by atoms with Gasteiger partial charge in [0.05, 0.1) is 16.2 Å². The quantitative estimate of drug-likeness (QED) is 0.373. The van der Waals surface area contributed by atoms with Crippen molar-refractivity contribution < 1.29 is 9.90 Å². The standard InChI is InChI=1S/C22H29N3O3S/c1-16(20(27)23-13-12-17-8-3-2-4-9-17)29-22-24-19-11-6-5-10-18(19)21(28)25(22)14-7-15-26/h5-6,8,10-11,16,26H,2-4,7,9,12-15H2,1H3,(H,23,27). The summed E-state index contributed by atoms with van der Waals surface area (Å²) in [5, 5.41) is 12.9. The molecular weight excluding hydrogens is 386 g/mol. The molecule has 1 aromatic carbocycles. The zero-order valence-corrected chi connectivity index (χ0v) is 17.7. The number of amides is 1. The van der Waals surface area contributed by atoms with Crippen molar-refractivity contribution in [2.75, 3.05) is 13.2 Å². The van der Waals surface area contributed by atoms with Gasteiger partial charge in [0.15, 0.2) is 5.16 Å². The number of hydrogen-bond donors (Lipinski definition) is 2. The summed E-state index contributed by atoms with van der Waals surface area (Å²) in [5.41, 5.74) is 1.92. The lowest BCUT2D eigenvalue weighted by molar-refractivity contribution is -0.120. The molecule has 29 heavy (non-hydrogen) atoms. The zero-order chi connectivity index (χ0) is 20.6. The molecule has 6 nitrogen and oxygen atoms in total. The number of hydrogen-bond acceptors (Lipinski definition) is 5. The molecule has 0 aliphatic heterocycles. The lowest BCUT2D eigenvalue weighted by Gasteiger charge is -2.17. The van der Waals surface area contributed by atoms with Crippen LogP contribution in [0.25, 0.3) is 10.9 Å². The number of carbonyl (C=O) groups excluding carboxylic acids is 1. The van der Waals surface area contributed by atoms with Crippen LogP contribution in [-0.4, -0.2) is 39.0 Å². The molecule has 3 rings (SSSR count). The van der Waals surface area contributed by atoms with Gasteiger partial charge in [-0.3, -0.25) is 14.2 Å². The van der Waals surface area contributed by atoms with Crippen LogP contribution in [0.1, 0.15) is 45.4 Å². The number of nitrogens with one attached hydrogen (secondary N) is 1. The van der Waals surface area contributed by atoms with Gasteiger partial charge in [-0.15, -0.1) is 0 Å². The van der Waals surface area contributed by atoms with Crippen molar-refractivity contribution >= 4 is 28.6 Å². The average Bonchev–Trinajstić information content (AvgIpc) is 2.74. The molecule has 2 N–H and O–H groups in total. The maximum atomic E-state index is 12.9. The van der Waals surface area contributed by atoms with E-state index < -0.39 is 0 Å². The molecule has 1 atom stereocenters. The normalized spacial score (nSPS) is 15.2. The third-order valence-corrected chi connectivity index (χ3v) is 6.24. The van der Waals surface area contributed by atoms with Gasteiger partial charge in [-0.05, 0) is 57.6 Å². The first-order chi connectivity index (χ1) is 14.1. The van der Waals surface area contributed by atoms with Gasteiger partial charge in [0.1, 0.15) is 0 Å². The summed E-state index contributed by atoms with van der Waals surface area (Å²) in [5.74, 6) is -0.0532. The number of nitrogens with zero attached hydrogens (tertiary/aromatic N) is 2. The minimum absolute atomic E-state index is 0.00470. The van der Waals surface area contributed by atoms with Crippen LogP contribution in [0, 0.1) is 0 Å². The molecular formula is C22H29N3O3S. The van der Waals surface area contributed by atoms with Crippen molar-refractivity contribution in [3.63, 3.8) is 0 Å². The molecule has 1 unspecified atom stereocenters. The average molecular weight is 416 g/mol. The molecule has 2 aromatic rings. The third kappa shape index (κ3) is 5.70. The number of aliphatic hydroxyl groups is 1. The predicted octanol–water partition coefficient (Wildman–Crippen LogP) is 3.27. The SMILES string of the molecule is CC(Sc1nc2ccccc2c(=O)n1CCCO)C(=O)NCCC1=CCCCC1. The number of benzene rings is 1. The molecule has 0 saturated heterocycles. The minimum Gasteiger partial charge on any atom is -0.396 e. The largest absolute Gasteiger partial charge is 0.396 e. The number of para-hydroxylation sites is 1. The second-order valence-corrected chi connectivity index (χ2v) is 8.66. The summed E-state index contributed by atoms with van der Waals surface area (Å²) in [4.78, 5) is 30.1. The fourth-order valence-electron chi connectivity index (χ4n) is 3.50. The Kier molecular flexibility index (Phi) is 7.89. The highest BCUT2D eigenvalue weighted by atomic mass is 32.2. The molecule has 7 heteroatoms. The molecule has 0 bridgehead atoms. The van der Waals surface area contributed by atoms with Crippen LogP contribution in [0.2, 0.25) is 0 Å². The van der Waals surface area contributed by atoms with E-state index in [0.717, 1.165) is 19.3 Å². The lowest BCUT2D eigenvalue weighted by atomic mass is 9.97. The van der Waals surface area contributed by atoms with E-state index in [1.54, 1.807) is 16.7 Å². The molecule has 0 fully saturated rings.